The number of aromatic amines is 1. The fourth-order valence-corrected chi connectivity index (χ4v) is 2.48. The summed E-state index contributed by atoms with van der Waals surface area (Å²) in [6.45, 7) is 3.92. The summed E-state index contributed by atoms with van der Waals surface area (Å²) in [5, 5.41) is 15.6. The van der Waals surface area contributed by atoms with Gasteiger partial charge in [0.1, 0.15) is 0 Å². The lowest BCUT2D eigenvalue weighted by Crippen LogP contribution is -1.99. The zero-order chi connectivity index (χ0) is 13.1. The van der Waals surface area contributed by atoms with Crippen LogP contribution in [-0.2, 0) is 0 Å². The molecule has 18 heavy (non-hydrogen) atoms. The molecular formula is C13H14N2O2S. The average Bonchev–Trinajstić information content (AvgIpc) is 2.73. The predicted molar refractivity (Wildman–Crippen MR) is 72.1 cm³/mol. The van der Waals surface area contributed by atoms with Gasteiger partial charge < -0.3 is 5.11 Å². The summed E-state index contributed by atoms with van der Waals surface area (Å²) in [6.07, 6.45) is 0. The summed E-state index contributed by atoms with van der Waals surface area (Å²) in [6, 6.07) is 7.87. The Morgan fingerprint density at radius 3 is 2.61 bits per heavy atom. The molecule has 1 aromatic carbocycles. The highest BCUT2D eigenvalue weighted by Crippen LogP contribution is 2.28. The third-order valence-corrected chi connectivity index (χ3v) is 3.50. The molecule has 4 nitrogen and oxygen atoms in total. The van der Waals surface area contributed by atoms with E-state index < -0.39 is 5.97 Å². The molecule has 5 heteroatoms. The van der Waals surface area contributed by atoms with Crippen molar-refractivity contribution < 1.29 is 9.90 Å². The van der Waals surface area contributed by atoms with Gasteiger partial charge in [-0.15, -0.1) is 11.8 Å². The van der Waals surface area contributed by atoms with E-state index in [1.165, 1.54) is 4.90 Å². The standard InChI is InChI=1S/C13H14N2O2S/c1-3-18-10-6-4-9(5-7-10)11-8(2)14-15-12(11)13(16)17/h4-7H,3H2,1-2H3,(H,14,15)(H,16,17). The van der Waals surface area contributed by atoms with E-state index in [1.807, 2.05) is 31.2 Å². The van der Waals surface area contributed by atoms with Crippen molar-refractivity contribution in [3.05, 3.63) is 35.7 Å². The van der Waals surface area contributed by atoms with Crippen molar-refractivity contribution >= 4 is 17.7 Å². The smallest absolute Gasteiger partial charge is 0.357 e. The van der Waals surface area contributed by atoms with Crippen LogP contribution in [0.3, 0.4) is 0 Å². The minimum Gasteiger partial charge on any atom is -0.476 e. The van der Waals surface area contributed by atoms with Crippen LogP contribution >= 0.6 is 11.8 Å². The fraction of sp³-hybridized carbons (Fsp3) is 0.231. The van der Waals surface area contributed by atoms with Crippen LogP contribution in [0, 0.1) is 6.92 Å². The van der Waals surface area contributed by atoms with Crippen molar-refractivity contribution in [1.29, 1.82) is 0 Å². The van der Waals surface area contributed by atoms with Crippen LogP contribution in [0.25, 0.3) is 11.1 Å². The third-order valence-electron chi connectivity index (χ3n) is 2.60. The van der Waals surface area contributed by atoms with Gasteiger partial charge in [0.05, 0.1) is 0 Å². The van der Waals surface area contributed by atoms with Gasteiger partial charge in [-0.1, -0.05) is 19.1 Å². The number of aryl methyl sites for hydroxylation is 1. The predicted octanol–water partition coefficient (Wildman–Crippen LogP) is 3.20. The van der Waals surface area contributed by atoms with Gasteiger partial charge in [0, 0.05) is 16.2 Å². The number of nitrogens with one attached hydrogen (secondary N) is 1. The first-order chi connectivity index (χ1) is 8.63. The molecule has 0 aliphatic carbocycles. The number of aromatic carboxylic acids is 1. The van der Waals surface area contributed by atoms with Crippen molar-refractivity contribution in [3.8, 4) is 11.1 Å². The van der Waals surface area contributed by atoms with E-state index in [9.17, 15) is 4.79 Å². The molecule has 0 radical (unpaired) electrons. The zero-order valence-electron chi connectivity index (χ0n) is 10.2. The molecule has 0 saturated carbocycles. The van der Waals surface area contributed by atoms with Gasteiger partial charge in [0.2, 0.25) is 0 Å². The Kier molecular flexibility index (Phi) is 3.72. The molecular weight excluding hydrogens is 248 g/mol. The Bertz CT molecular complexity index is 561. The van der Waals surface area contributed by atoms with Gasteiger partial charge in [-0.2, -0.15) is 5.10 Å². The molecule has 2 N–H and O–H groups in total. The lowest BCUT2D eigenvalue weighted by molar-refractivity contribution is 0.0691. The number of hydrogen-bond acceptors (Lipinski definition) is 3. The lowest BCUT2D eigenvalue weighted by Gasteiger charge is -2.03. The molecule has 0 bridgehead atoms. The summed E-state index contributed by atoms with van der Waals surface area (Å²) >= 11 is 1.76. The summed E-state index contributed by atoms with van der Waals surface area (Å²) in [4.78, 5) is 12.3. The first kappa shape index (κ1) is 12.7. The number of benzene rings is 1. The maximum absolute atomic E-state index is 11.1. The average molecular weight is 262 g/mol. The molecule has 0 fully saturated rings. The molecule has 1 aromatic heterocycles. The number of aromatic nitrogens is 2. The van der Waals surface area contributed by atoms with Crippen molar-refractivity contribution in [2.75, 3.05) is 5.75 Å². The summed E-state index contributed by atoms with van der Waals surface area (Å²) in [5.41, 5.74) is 2.38. The molecule has 94 valence electrons. The number of thioether (sulfide) groups is 1. The maximum Gasteiger partial charge on any atom is 0.357 e. The minimum atomic E-state index is -1.01. The second-order valence-corrected chi connectivity index (χ2v) is 5.17. The van der Waals surface area contributed by atoms with Crippen LogP contribution < -0.4 is 0 Å². The zero-order valence-corrected chi connectivity index (χ0v) is 11.0. The van der Waals surface area contributed by atoms with Crippen LogP contribution in [0.4, 0.5) is 0 Å². The molecule has 0 saturated heterocycles. The van der Waals surface area contributed by atoms with Gasteiger partial charge >= 0.3 is 5.97 Å². The van der Waals surface area contributed by atoms with Crippen LogP contribution in [0.15, 0.2) is 29.2 Å². The Morgan fingerprint density at radius 2 is 2.06 bits per heavy atom. The second-order valence-electron chi connectivity index (χ2n) is 3.83. The van der Waals surface area contributed by atoms with Crippen LogP contribution in [0.5, 0.6) is 0 Å². The Morgan fingerprint density at radius 1 is 1.39 bits per heavy atom. The van der Waals surface area contributed by atoms with E-state index in [0.717, 1.165) is 17.0 Å². The van der Waals surface area contributed by atoms with Crippen LogP contribution in [0.2, 0.25) is 0 Å². The van der Waals surface area contributed by atoms with E-state index in [4.69, 9.17) is 5.11 Å². The number of H-pyrrole nitrogens is 1. The summed E-state index contributed by atoms with van der Waals surface area (Å²) < 4.78 is 0. The maximum atomic E-state index is 11.1. The van der Waals surface area contributed by atoms with E-state index in [0.29, 0.717) is 5.56 Å². The molecule has 2 aromatic rings. The number of nitrogens with zero attached hydrogens (tertiary/aromatic N) is 1. The van der Waals surface area contributed by atoms with E-state index >= 15 is 0 Å². The van der Waals surface area contributed by atoms with Gasteiger partial charge in [0.25, 0.3) is 0 Å². The molecule has 1 heterocycles. The first-order valence-electron chi connectivity index (χ1n) is 5.65. The summed E-state index contributed by atoms with van der Waals surface area (Å²) in [5.74, 6) is 0.00568. The number of hydrogen-bond donors (Lipinski definition) is 2. The highest BCUT2D eigenvalue weighted by Gasteiger charge is 2.17. The van der Waals surface area contributed by atoms with Crippen LogP contribution in [0.1, 0.15) is 23.1 Å². The molecule has 0 aliphatic rings. The molecule has 0 amide bonds. The van der Waals surface area contributed by atoms with Crippen molar-refractivity contribution in [2.24, 2.45) is 0 Å². The van der Waals surface area contributed by atoms with Crippen LogP contribution in [-0.4, -0.2) is 27.0 Å². The largest absolute Gasteiger partial charge is 0.476 e. The minimum absolute atomic E-state index is 0.0726. The lowest BCUT2D eigenvalue weighted by atomic mass is 10.0. The van der Waals surface area contributed by atoms with Gasteiger partial charge in [0.15, 0.2) is 5.69 Å². The Balaban J connectivity index is 2.42. The van der Waals surface area contributed by atoms with Gasteiger partial charge in [-0.25, -0.2) is 4.79 Å². The van der Waals surface area contributed by atoms with Crippen molar-refractivity contribution in [1.82, 2.24) is 10.2 Å². The monoisotopic (exact) mass is 262 g/mol. The Hall–Kier alpha value is -1.75. The number of carboxylic acid groups (broad SMARTS) is 1. The number of carboxylic acids is 1. The first-order valence-corrected chi connectivity index (χ1v) is 6.63. The van der Waals surface area contributed by atoms with Crippen molar-refractivity contribution in [3.63, 3.8) is 0 Å². The van der Waals surface area contributed by atoms with Gasteiger partial charge in [-0.3, -0.25) is 5.10 Å². The molecule has 0 atom stereocenters. The Labute approximate surface area is 109 Å². The SMILES string of the molecule is CCSc1ccc(-c2c(C(=O)O)n[nH]c2C)cc1. The van der Waals surface area contributed by atoms with Crippen molar-refractivity contribution in [2.45, 2.75) is 18.7 Å². The topological polar surface area (TPSA) is 66.0 Å². The van der Waals surface area contributed by atoms with E-state index in [2.05, 4.69) is 17.1 Å². The molecule has 2 rings (SSSR count). The van der Waals surface area contributed by atoms with Gasteiger partial charge in [-0.05, 0) is 30.4 Å². The van der Waals surface area contributed by atoms with E-state index in [-0.39, 0.29) is 5.69 Å². The molecule has 0 spiro atoms. The second kappa shape index (κ2) is 5.27. The summed E-state index contributed by atoms with van der Waals surface area (Å²) in [7, 11) is 0. The highest BCUT2D eigenvalue weighted by atomic mass is 32.2. The normalized spacial score (nSPS) is 10.6. The molecule has 0 aliphatic heterocycles. The number of rotatable bonds is 4. The van der Waals surface area contributed by atoms with E-state index in [1.54, 1.807) is 11.8 Å². The molecule has 0 unspecified atom stereocenters. The quantitative estimate of drug-likeness (QED) is 0.830. The third kappa shape index (κ3) is 2.41. The fourth-order valence-electron chi connectivity index (χ4n) is 1.82. The highest BCUT2D eigenvalue weighted by molar-refractivity contribution is 7.99. The number of carbonyl (C=O) groups is 1.